The van der Waals surface area contributed by atoms with Crippen molar-refractivity contribution in [2.24, 2.45) is 5.92 Å². The van der Waals surface area contributed by atoms with E-state index >= 15 is 0 Å². The number of nitrogens with zero attached hydrogens (tertiary/aromatic N) is 4. The topological polar surface area (TPSA) is 62.5 Å². The summed E-state index contributed by atoms with van der Waals surface area (Å²) in [4.78, 5) is 20.6. The highest BCUT2D eigenvalue weighted by atomic mass is 35.5. The third kappa shape index (κ3) is 3.72. The van der Waals surface area contributed by atoms with Crippen molar-refractivity contribution in [3.8, 4) is 0 Å². The van der Waals surface area contributed by atoms with Gasteiger partial charge >= 0.3 is 6.18 Å². The lowest BCUT2D eigenvalue weighted by Crippen LogP contribution is -2.60. The third-order valence-corrected chi connectivity index (χ3v) is 7.16. The van der Waals surface area contributed by atoms with Gasteiger partial charge in [0.1, 0.15) is 5.82 Å². The molecule has 3 heterocycles. The van der Waals surface area contributed by atoms with Crippen LogP contribution in [0, 0.1) is 11.7 Å². The Hall–Kier alpha value is -2.36. The molecule has 0 N–H and O–H groups in total. The van der Waals surface area contributed by atoms with Gasteiger partial charge in [0.25, 0.3) is 5.95 Å². The van der Waals surface area contributed by atoms with Gasteiger partial charge in [-0.05, 0) is 55.5 Å². The number of aromatic nitrogens is 2. The summed E-state index contributed by atoms with van der Waals surface area (Å²) in [6, 6.07) is 4.39. The summed E-state index contributed by atoms with van der Waals surface area (Å²) in [5.74, 6) is -2.52. The number of carbonyl (C=O) groups is 1. The first-order chi connectivity index (χ1) is 15.2. The fourth-order valence-electron chi connectivity index (χ4n) is 5.03. The first-order valence-electron chi connectivity index (χ1n) is 10.6. The lowest BCUT2D eigenvalue weighted by atomic mass is 9.78. The Morgan fingerprint density at radius 1 is 1.19 bits per heavy atom. The van der Waals surface area contributed by atoms with Gasteiger partial charge in [0.2, 0.25) is 11.8 Å². The highest BCUT2D eigenvalue weighted by Crippen LogP contribution is 2.55. The quantitative estimate of drug-likeness (QED) is 0.583. The molecule has 3 aliphatic rings. The minimum absolute atomic E-state index is 0.00147. The molecule has 3 fully saturated rings. The van der Waals surface area contributed by atoms with Crippen LogP contribution in [0.4, 0.5) is 29.2 Å². The van der Waals surface area contributed by atoms with Gasteiger partial charge < -0.3 is 14.3 Å². The molecule has 11 heteroatoms. The number of benzene rings is 1. The van der Waals surface area contributed by atoms with Crippen molar-refractivity contribution in [3.05, 3.63) is 34.9 Å². The lowest BCUT2D eigenvalue weighted by molar-refractivity contribution is -0.149. The molecule has 1 amide bonds. The van der Waals surface area contributed by atoms with E-state index in [1.165, 1.54) is 12.1 Å². The number of anilines is 2. The van der Waals surface area contributed by atoms with E-state index in [1.54, 1.807) is 11.0 Å². The third-order valence-electron chi connectivity index (χ3n) is 6.85. The highest BCUT2D eigenvalue weighted by Gasteiger charge is 2.58. The molecular formula is C21H21ClF4N4O2. The number of hydrogen-bond acceptors (Lipinski definition) is 5. The monoisotopic (exact) mass is 472 g/mol. The second-order valence-electron chi connectivity index (χ2n) is 8.82. The molecule has 2 atom stereocenters. The molecule has 1 aromatic carbocycles. The van der Waals surface area contributed by atoms with E-state index in [1.807, 2.05) is 4.90 Å². The van der Waals surface area contributed by atoms with Crippen LogP contribution in [0.1, 0.15) is 50.3 Å². The van der Waals surface area contributed by atoms with Gasteiger partial charge in [-0.3, -0.25) is 4.79 Å². The van der Waals surface area contributed by atoms with Gasteiger partial charge in [0.15, 0.2) is 0 Å². The molecule has 1 saturated carbocycles. The largest absolute Gasteiger partial charge is 0.392 e. The fraction of sp³-hybridized carbons (Fsp3) is 0.571. The second-order valence-corrected chi connectivity index (χ2v) is 9.22. The van der Waals surface area contributed by atoms with Crippen molar-refractivity contribution in [2.75, 3.05) is 22.9 Å². The van der Waals surface area contributed by atoms with Crippen LogP contribution in [0.2, 0.25) is 5.02 Å². The Bertz CT molecular complexity index is 1040. The van der Waals surface area contributed by atoms with Crippen molar-refractivity contribution in [3.63, 3.8) is 0 Å². The first kappa shape index (κ1) is 21.5. The van der Waals surface area contributed by atoms with Crippen LogP contribution in [-0.4, -0.2) is 40.9 Å². The molecule has 2 saturated heterocycles. The number of piperidine rings is 2. The molecule has 1 aliphatic carbocycles. The van der Waals surface area contributed by atoms with E-state index in [-0.39, 0.29) is 29.2 Å². The summed E-state index contributed by atoms with van der Waals surface area (Å²) in [6.07, 6.45) is -1.16. The number of halogens is 5. The Labute approximate surface area is 186 Å². The SMILES string of the molecule is O=C1CCCC2(CCN(c3noc([C@@H]4C[C@H]4C(F)(F)F)n3)CC2)N1c1ccc(Cl)c(F)c1. The van der Waals surface area contributed by atoms with Gasteiger partial charge in [0.05, 0.1) is 22.4 Å². The zero-order valence-electron chi connectivity index (χ0n) is 17.0. The maximum atomic E-state index is 14.1. The minimum atomic E-state index is -4.26. The molecule has 2 aromatic rings. The molecule has 0 bridgehead atoms. The van der Waals surface area contributed by atoms with Crippen LogP contribution in [0.3, 0.4) is 0 Å². The number of hydrogen-bond donors (Lipinski definition) is 0. The lowest BCUT2D eigenvalue weighted by Gasteiger charge is -2.51. The summed E-state index contributed by atoms with van der Waals surface area (Å²) in [7, 11) is 0. The van der Waals surface area contributed by atoms with E-state index in [0.717, 1.165) is 12.8 Å². The van der Waals surface area contributed by atoms with Gasteiger partial charge in [-0.15, -0.1) is 0 Å². The summed E-state index contributed by atoms with van der Waals surface area (Å²) >= 11 is 5.81. The second kappa shape index (κ2) is 7.60. The van der Waals surface area contributed by atoms with Gasteiger partial charge in [-0.2, -0.15) is 18.2 Å². The summed E-state index contributed by atoms with van der Waals surface area (Å²) in [5.41, 5.74) is 0.0233. The summed E-state index contributed by atoms with van der Waals surface area (Å²) in [6.45, 7) is 1.01. The van der Waals surface area contributed by atoms with Crippen molar-refractivity contribution in [1.82, 2.24) is 10.1 Å². The van der Waals surface area contributed by atoms with Crippen LogP contribution in [0.15, 0.2) is 22.7 Å². The summed E-state index contributed by atoms with van der Waals surface area (Å²) < 4.78 is 57.7. The van der Waals surface area contributed by atoms with Crippen molar-refractivity contribution in [1.29, 1.82) is 0 Å². The molecule has 1 aromatic heterocycles. The Morgan fingerprint density at radius 3 is 2.59 bits per heavy atom. The normalized spacial score (nSPS) is 25.5. The van der Waals surface area contributed by atoms with E-state index < -0.39 is 29.4 Å². The Kier molecular flexibility index (Phi) is 5.11. The van der Waals surface area contributed by atoms with Crippen molar-refractivity contribution < 1.29 is 26.9 Å². The smallest absolute Gasteiger partial charge is 0.338 e. The van der Waals surface area contributed by atoms with Crippen LogP contribution in [0.5, 0.6) is 0 Å². The van der Waals surface area contributed by atoms with E-state index in [0.29, 0.717) is 38.0 Å². The van der Waals surface area contributed by atoms with E-state index in [4.69, 9.17) is 16.1 Å². The average Bonchev–Trinajstić information content (AvgIpc) is 3.42. The van der Waals surface area contributed by atoms with Crippen molar-refractivity contribution >= 4 is 29.1 Å². The Balaban J connectivity index is 1.31. The maximum absolute atomic E-state index is 14.1. The maximum Gasteiger partial charge on any atom is 0.392 e. The minimum Gasteiger partial charge on any atom is -0.338 e. The summed E-state index contributed by atoms with van der Waals surface area (Å²) in [5, 5.41) is 3.89. The van der Waals surface area contributed by atoms with Crippen molar-refractivity contribution in [2.45, 2.75) is 56.2 Å². The standard InChI is InChI=1S/C21H21ClF4N4O2/c22-15-4-3-12(10-16(15)23)30-17(31)2-1-5-20(30)6-8-29(9-7-20)19-27-18(32-28-19)13-11-14(13)21(24,25)26/h3-4,10,13-14H,1-2,5-9,11H2/t13-,14-/m1/s1. The molecule has 6 nitrogen and oxygen atoms in total. The molecule has 2 aliphatic heterocycles. The number of rotatable bonds is 3. The molecule has 5 rings (SSSR count). The van der Waals surface area contributed by atoms with Crippen LogP contribution in [0.25, 0.3) is 0 Å². The molecule has 32 heavy (non-hydrogen) atoms. The van der Waals surface area contributed by atoms with E-state index in [2.05, 4.69) is 10.1 Å². The molecule has 0 radical (unpaired) electrons. The first-order valence-corrected chi connectivity index (χ1v) is 11.0. The molecule has 172 valence electrons. The number of alkyl halides is 3. The Morgan fingerprint density at radius 2 is 1.94 bits per heavy atom. The molecular weight excluding hydrogens is 452 g/mol. The number of carbonyl (C=O) groups excluding carboxylic acids is 1. The van der Waals surface area contributed by atoms with Gasteiger partial charge in [-0.25, -0.2) is 4.39 Å². The fourth-order valence-corrected chi connectivity index (χ4v) is 5.15. The van der Waals surface area contributed by atoms with Gasteiger partial charge in [0, 0.05) is 25.2 Å². The zero-order chi connectivity index (χ0) is 22.7. The average molecular weight is 473 g/mol. The van der Waals surface area contributed by atoms with Crippen LogP contribution in [-0.2, 0) is 4.79 Å². The predicted octanol–water partition coefficient (Wildman–Crippen LogP) is 5.08. The van der Waals surface area contributed by atoms with Crippen LogP contribution >= 0.6 is 11.6 Å². The predicted molar refractivity (Wildman–Crippen MR) is 108 cm³/mol. The zero-order valence-corrected chi connectivity index (χ0v) is 17.8. The highest BCUT2D eigenvalue weighted by molar-refractivity contribution is 6.30. The van der Waals surface area contributed by atoms with E-state index in [9.17, 15) is 22.4 Å². The van der Waals surface area contributed by atoms with Crippen LogP contribution < -0.4 is 9.80 Å². The molecule has 0 unspecified atom stereocenters. The molecule has 1 spiro atoms. The number of amides is 1. The van der Waals surface area contributed by atoms with Gasteiger partial charge in [-0.1, -0.05) is 11.6 Å².